The van der Waals surface area contributed by atoms with Crippen molar-refractivity contribution in [3.63, 3.8) is 0 Å². The van der Waals surface area contributed by atoms with Crippen LogP contribution in [0.1, 0.15) is 39.5 Å². The van der Waals surface area contributed by atoms with Gasteiger partial charge >= 0.3 is 105 Å². The zero-order chi connectivity index (χ0) is 12.3. The summed E-state index contributed by atoms with van der Waals surface area (Å²) in [6.07, 6.45) is 11.3. The summed E-state index contributed by atoms with van der Waals surface area (Å²) in [5.74, 6) is 2.62. The molecule has 2 aliphatic rings. The first kappa shape index (κ1) is 12.6. The van der Waals surface area contributed by atoms with Crippen LogP contribution in [0.2, 0.25) is 0 Å². The van der Waals surface area contributed by atoms with Crippen LogP contribution in [-0.2, 0) is 0 Å². The maximum absolute atomic E-state index is 8.91. The van der Waals surface area contributed by atoms with E-state index in [1.165, 1.54) is 26.4 Å². The quantitative estimate of drug-likeness (QED) is 0.582. The molecule has 17 heavy (non-hydrogen) atoms. The van der Waals surface area contributed by atoms with Crippen molar-refractivity contribution in [2.75, 3.05) is 6.54 Å². The fourth-order valence-corrected chi connectivity index (χ4v) is 2.96. The van der Waals surface area contributed by atoms with Crippen molar-refractivity contribution >= 4 is 18.8 Å². The topological polar surface area (TPSA) is 23.2 Å². The molecule has 2 unspecified atom stereocenters. The summed E-state index contributed by atoms with van der Waals surface area (Å²) in [6, 6.07) is 0. The summed E-state index contributed by atoms with van der Waals surface area (Å²) in [4.78, 5) is 0. The Kier molecular flexibility index (Phi) is 4.19. The van der Waals surface area contributed by atoms with Crippen molar-refractivity contribution in [3.05, 3.63) is 12.3 Å². The average Bonchev–Trinajstić information content (AvgIpc) is 2.79. The van der Waals surface area contributed by atoms with Gasteiger partial charge in [0.2, 0.25) is 0 Å². The van der Waals surface area contributed by atoms with Crippen molar-refractivity contribution in [1.29, 1.82) is 0 Å². The van der Waals surface area contributed by atoms with Crippen LogP contribution in [0.25, 0.3) is 0 Å². The Balaban J connectivity index is 1.84. The van der Waals surface area contributed by atoms with Gasteiger partial charge in [-0.2, -0.15) is 0 Å². The predicted octanol–water partition coefficient (Wildman–Crippen LogP) is 1.84. The van der Waals surface area contributed by atoms with Crippen LogP contribution in [0.3, 0.4) is 0 Å². The van der Waals surface area contributed by atoms with E-state index in [4.69, 9.17) is 5.02 Å². The fourth-order valence-electron chi connectivity index (χ4n) is 2.96. The molecule has 0 amide bonds. The third-order valence-electron chi connectivity index (χ3n) is 4.20. The van der Waals surface area contributed by atoms with Gasteiger partial charge in [-0.3, -0.25) is 0 Å². The van der Waals surface area contributed by atoms with Crippen LogP contribution in [-0.4, -0.2) is 34.9 Å². The summed E-state index contributed by atoms with van der Waals surface area (Å²) in [5.41, 5.74) is 0.993. The van der Waals surface area contributed by atoms with Crippen molar-refractivity contribution in [2.24, 2.45) is 17.8 Å². The van der Waals surface area contributed by atoms with Gasteiger partial charge in [0.05, 0.1) is 0 Å². The van der Waals surface area contributed by atoms with Crippen LogP contribution in [0, 0.1) is 17.8 Å². The maximum atomic E-state index is 8.91. The number of rotatable bonds is 3. The van der Waals surface area contributed by atoms with Crippen molar-refractivity contribution in [3.8, 4) is 0 Å². The van der Waals surface area contributed by atoms with Gasteiger partial charge in [0.25, 0.3) is 0 Å². The molecule has 3 heteroatoms. The Morgan fingerprint density at radius 2 is 2.29 bits per heavy atom. The van der Waals surface area contributed by atoms with E-state index in [0.29, 0.717) is 0 Å². The van der Waals surface area contributed by atoms with Gasteiger partial charge in [-0.25, -0.2) is 0 Å². The number of nitrogens with zero attached hydrogens (tertiary/aromatic N) is 1. The van der Waals surface area contributed by atoms with E-state index in [9.17, 15) is 0 Å². The summed E-state index contributed by atoms with van der Waals surface area (Å²) < 4.78 is 2.29. The van der Waals surface area contributed by atoms with E-state index in [0.717, 1.165) is 36.2 Å². The molecule has 1 fully saturated rings. The summed E-state index contributed by atoms with van der Waals surface area (Å²) in [6.45, 7) is 5.84. The zero-order valence-electron chi connectivity index (χ0n) is 11.0. The minimum absolute atomic E-state index is 0.838. The Hall–Kier alpha value is -0.855. The molecule has 0 aromatic heterocycles. The summed E-state index contributed by atoms with van der Waals surface area (Å²) in [7, 11) is 1.20. The van der Waals surface area contributed by atoms with Gasteiger partial charge in [0, 0.05) is 0 Å². The molecule has 0 saturated heterocycles. The molecule has 92 valence electrons. The number of hydrogen-bond acceptors (Lipinski definition) is 1. The molecule has 0 bridgehead atoms. The van der Waals surface area contributed by atoms with Crippen LogP contribution in [0.15, 0.2) is 12.3 Å². The normalized spacial score (nSPS) is 30.8. The third-order valence-corrected chi connectivity index (χ3v) is 4.20. The van der Waals surface area contributed by atoms with Gasteiger partial charge < -0.3 is 0 Å². The SMILES string of the molecule is CC(C)C1CCC(C[N+]2=CCC(=BO)C=C2)C1. The predicted molar refractivity (Wildman–Crippen MR) is 73.6 cm³/mol. The van der Waals surface area contributed by atoms with Gasteiger partial charge in [0.1, 0.15) is 0 Å². The monoisotopic (exact) mass is 232 g/mol. The molecule has 2 rings (SSSR count). The molecular weight excluding hydrogens is 209 g/mol. The molecular formula is C14H23BNO+. The van der Waals surface area contributed by atoms with Crippen molar-refractivity contribution < 1.29 is 9.60 Å². The molecule has 0 aromatic rings. The van der Waals surface area contributed by atoms with E-state index in [1.54, 1.807) is 0 Å². The van der Waals surface area contributed by atoms with E-state index in [2.05, 4.69) is 30.8 Å². The first-order valence-corrected chi connectivity index (χ1v) is 6.79. The molecule has 1 aliphatic carbocycles. The Morgan fingerprint density at radius 1 is 1.47 bits per heavy atom. The third kappa shape index (κ3) is 3.30. The first-order chi connectivity index (χ1) is 8.19. The van der Waals surface area contributed by atoms with Gasteiger partial charge in [-0.1, -0.05) is 0 Å². The van der Waals surface area contributed by atoms with Crippen molar-refractivity contribution in [2.45, 2.75) is 39.5 Å². The fraction of sp³-hybridized carbons (Fsp3) is 0.714. The van der Waals surface area contributed by atoms with E-state index in [-0.39, 0.29) is 0 Å². The van der Waals surface area contributed by atoms with E-state index in [1.807, 2.05) is 6.08 Å². The average molecular weight is 232 g/mol. The van der Waals surface area contributed by atoms with Crippen molar-refractivity contribution in [1.82, 2.24) is 0 Å². The molecule has 1 N–H and O–H groups in total. The molecule has 0 radical (unpaired) electrons. The molecule has 1 heterocycles. The Bertz CT molecular complexity index is 357. The van der Waals surface area contributed by atoms with Crippen LogP contribution in [0.5, 0.6) is 0 Å². The standard InChI is InChI=1S/C14H23BNO/c1-11(2)13-4-3-12(9-13)10-16-7-5-14(15-17)6-8-16/h5,7-8,11-13,17H,3-4,6,9-10H2,1-2H3/q+1. The van der Waals surface area contributed by atoms with E-state index >= 15 is 0 Å². The zero-order valence-corrected chi connectivity index (χ0v) is 11.0. The summed E-state index contributed by atoms with van der Waals surface area (Å²) in [5, 5.41) is 8.91. The van der Waals surface area contributed by atoms with Gasteiger partial charge in [-0.05, 0) is 0 Å². The van der Waals surface area contributed by atoms with Gasteiger partial charge in [-0.15, -0.1) is 0 Å². The molecule has 2 atom stereocenters. The first-order valence-electron chi connectivity index (χ1n) is 6.79. The van der Waals surface area contributed by atoms with Crippen LogP contribution in [0.4, 0.5) is 0 Å². The summed E-state index contributed by atoms with van der Waals surface area (Å²) >= 11 is 0. The minimum atomic E-state index is 0.838. The Morgan fingerprint density at radius 3 is 2.82 bits per heavy atom. The second kappa shape index (κ2) is 5.66. The Labute approximate surface area is 105 Å². The van der Waals surface area contributed by atoms with Crippen LogP contribution >= 0.6 is 0 Å². The van der Waals surface area contributed by atoms with E-state index < -0.39 is 0 Å². The second-order valence-electron chi connectivity index (χ2n) is 5.79. The second-order valence-corrected chi connectivity index (χ2v) is 5.79. The molecule has 0 spiro atoms. The molecule has 0 aromatic carbocycles. The number of allylic oxidation sites excluding steroid dienone is 1. The van der Waals surface area contributed by atoms with Crippen LogP contribution < -0.4 is 0 Å². The molecule has 1 aliphatic heterocycles. The molecule has 2 nitrogen and oxygen atoms in total. The molecule has 1 saturated carbocycles. The number of hydrogen-bond donors (Lipinski definition) is 1. The van der Waals surface area contributed by atoms with Gasteiger partial charge in [0.15, 0.2) is 0 Å².